The van der Waals surface area contributed by atoms with Crippen LogP contribution in [0.5, 0.6) is 5.75 Å². The summed E-state index contributed by atoms with van der Waals surface area (Å²) in [7, 11) is 0. The molecule has 3 aromatic carbocycles. The number of nitrogens with one attached hydrogen (secondary N) is 1. The van der Waals surface area contributed by atoms with Crippen molar-refractivity contribution < 1.29 is 24.5 Å². The van der Waals surface area contributed by atoms with Crippen LogP contribution in [0.15, 0.2) is 60.7 Å². The third kappa shape index (κ3) is 4.04. The lowest BCUT2D eigenvalue weighted by atomic mass is 9.98. The van der Waals surface area contributed by atoms with Crippen LogP contribution in [-0.4, -0.2) is 34.9 Å². The molecule has 1 aliphatic carbocycles. The topological polar surface area (TPSA) is 95.9 Å². The van der Waals surface area contributed by atoms with E-state index in [9.17, 15) is 19.8 Å². The fourth-order valence-electron chi connectivity index (χ4n) is 4.22. The van der Waals surface area contributed by atoms with Gasteiger partial charge in [0.15, 0.2) is 0 Å². The smallest absolute Gasteiger partial charge is 0.407 e. The number of carbonyl (C=O) groups is 2. The number of benzene rings is 3. The number of phenolic OH excluding ortho intramolecular Hbond substituents is 1. The molecule has 6 nitrogen and oxygen atoms in total. The molecule has 164 valence electrons. The summed E-state index contributed by atoms with van der Waals surface area (Å²) in [6.45, 7) is 3.73. The number of carboxylic acids is 1. The molecule has 0 bridgehead atoms. The lowest BCUT2D eigenvalue weighted by Gasteiger charge is -2.18. The SMILES string of the molecule is Cc1ccc(CC(NC(=O)OCC2c3ccccc3-c3ccccc32)C(=O)O)c(O)c1C. The quantitative estimate of drug-likeness (QED) is 0.532. The Morgan fingerprint density at radius 2 is 1.56 bits per heavy atom. The highest BCUT2D eigenvalue weighted by Crippen LogP contribution is 2.44. The maximum Gasteiger partial charge on any atom is 0.407 e. The second-order valence-corrected chi connectivity index (χ2v) is 8.08. The highest BCUT2D eigenvalue weighted by molar-refractivity contribution is 5.81. The van der Waals surface area contributed by atoms with Crippen LogP contribution >= 0.6 is 0 Å². The number of carbonyl (C=O) groups excluding carboxylic acids is 1. The van der Waals surface area contributed by atoms with Gasteiger partial charge in [0.1, 0.15) is 18.4 Å². The number of aryl methyl sites for hydroxylation is 1. The molecule has 1 aliphatic rings. The van der Waals surface area contributed by atoms with Crippen LogP contribution in [0.2, 0.25) is 0 Å². The summed E-state index contributed by atoms with van der Waals surface area (Å²) in [5.41, 5.74) is 6.44. The second-order valence-electron chi connectivity index (χ2n) is 8.08. The van der Waals surface area contributed by atoms with Crippen molar-refractivity contribution in [2.24, 2.45) is 0 Å². The number of aromatic hydroxyl groups is 1. The van der Waals surface area contributed by atoms with Crippen molar-refractivity contribution in [2.75, 3.05) is 6.61 Å². The lowest BCUT2D eigenvalue weighted by molar-refractivity contribution is -0.139. The average molecular weight is 431 g/mol. The first kappa shape index (κ1) is 21.4. The molecular weight excluding hydrogens is 406 g/mol. The standard InChI is InChI=1S/C26H25NO5/c1-15-11-12-17(24(28)16(15)2)13-23(25(29)30)27-26(31)32-14-22-20-9-5-3-7-18(20)19-8-4-6-10-21(19)22/h3-12,22-23,28H,13-14H2,1-2H3,(H,27,31)(H,29,30). The number of phenols is 1. The molecule has 0 saturated heterocycles. The maximum absolute atomic E-state index is 12.5. The molecule has 0 aliphatic heterocycles. The number of rotatable bonds is 6. The van der Waals surface area contributed by atoms with E-state index in [1.54, 1.807) is 13.0 Å². The predicted molar refractivity (Wildman–Crippen MR) is 121 cm³/mol. The molecule has 0 saturated carbocycles. The van der Waals surface area contributed by atoms with E-state index in [0.29, 0.717) is 11.1 Å². The van der Waals surface area contributed by atoms with Gasteiger partial charge < -0.3 is 20.3 Å². The van der Waals surface area contributed by atoms with E-state index in [2.05, 4.69) is 5.32 Å². The van der Waals surface area contributed by atoms with E-state index in [4.69, 9.17) is 4.74 Å². The van der Waals surface area contributed by atoms with E-state index in [1.807, 2.05) is 61.5 Å². The van der Waals surface area contributed by atoms with Crippen LogP contribution in [-0.2, 0) is 16.0 Å². The molecule has 0 fully saturated rings. The number of alkyl carbamates (subject to hydrolysis) is 1. The number of fused-ring (bicyclic) bond motifs is 3. The van der Waals surface area contributed by atoms with Crippen LogP contribution in [0.25, 0.3) is 11.1 Å². The summed E-state index contributed by atoms with van der Waals surface area (Å²) >= 11 is 0. The molecule has 4 rings (SSSR count). The van der Waals surface area contributed by atoms with Crippen molar-refractivity contribution in [3.63, 3.8) is 0 Å². The number of aliphatic carboxylic acids is 1. The minimum atomic E-state index is -1.22. The Hall–Kier alpha value is -3.80. The van der Waals surface area contributed by atoms with E-state index >= 15 is 0 Å². The van der Waals surface area contributed by atoms with E-state index in [0.717, 1.165) is 27.8 Å². The highest BCUT2D eigenvalue weighted by atomic mass is 16.5. The largest absolute Gasteiger partial charge is 0.507 e. The third-order valence-electron chi connectivity index (χ3n) is 6.14. The predicted octanol–water partition coefficient (Wildman–Crippen LogP) is 4.54. The molecule has 1 amide bonds. The summed E-state index contributed by atoms with van der Waals surface area (Å²) < 4.78 is 5.46. The Morgan fingerprint density at radius 3 is 2.16 bits per heavy atom. The minimum Gasteiger partial charge on any atom is -0.507 e. The highest BCUT2D eigenvalue weighted by Gasteiger charge is 2.30. The van der Waals surface area contributed by atoms with Crippen LogP contribution in [0.1, 0.15) is 33.7 Å². The number of hydrogen-bond acceptors (Lipinski definition) is 4. The number of ether oxygens (including phenoxy) is 1. The van der Waals surface area contributed by atoms with E-state index in [1.165, 1.54) is 0 Å². The van der Waals surface area contributed by atoms with Gasteiger partial charge in [0.2, 0.25) is 0 Å². The van der Waals surface area contributed by atoms with Gasteiger partial charge in [0.05, 0.1) is 0 Å². The summed E-state index contributed by atoms with van der Waals surface area (Å²) in [5.74, 6) is -1.26. The van der Waals surface area contributed by atoms with Gasteiger partial charge >= 0.3 is 12.1 Å². The van der Waals surface area contributed by atoms with E-state index < -0.39 is 18.1 Å². The van der Waals surface area contributed by atoms with Gasteiger partial charge in [-0.25, -0.2) is 9.59 Å². The fourth-order valence-corrected chi connectivity index (χ4v) is 4.22. The molecule has 0 radical (unpaired) electrons. The van der Waals surface area contributed by atoms with Crippen molar-refractivity contribution in [3.05, 3.63) is 88.5 Å². The first-order valence-electron chi connectivity index (χ1n) is 10.5. The Kier molecular flexibility index (Phi) is 5.86. The summed E-state index contributed by atoms with van der Waals surface area (Å²) in [4.78, 5) is 24.2. The van der Waals surface area contributed by atoms with Crippen molar-refractivity contribution in [3.8, 4) is 16.9 Å². The summed E-state index contributed by atoms with van der Waals surface area (Å²) in [5, 5.41) is 22.4. The van der Waals surface area contributed by atoms with Crippen molar-refractivity contribution in [1.82, 2.24) is 5.32 Å². The zero-order valence-corrected chi connectivity index (χ0v) is 18.0. The molecule has 0 heterocycles. The van der Waals surface area contributed by atoms with Crippen molar-refractivity contribution in [2.45, 2.75) is 32.2 Å². The minimum absolute atomic E-state index is 0.0468. The van der Waals surface area contributed by atoms with Gasteiger partial charge in [-0.2, -0.15) is 0 Å². The molecule has 0 aromatic heterocycles. The number of hydrogen-bond donors (Lipinski definition) is 3. The lowest BCUT2D eigenvalue weighted by Crippen LogP contribution is -2.43. The Morgan fingerprint density at radius 1 is 0.969 bits per heavy atom. The number of carboxylic acid groups (broad SMARTS) is 1. The Balaban J connectivity index is 1.45. The zero-order valence-electron chi connectivity index (χ0n) is 18.0. The van der Waals surface area contributed by atoms with Gasteiger partial charge in [0.25, 0.3) is 0 Å². The normalized spacial score (nSPS) is 13.2. The van der Waals surface area contributed by atoms with Crippen LogP contribution in [0.3, 0.4) is 0 Å². The first-order chi connectivity index (χ1) is 15.4. The Bertz CT molecular complexity index is 1140. The summed E-state index contributed by atoms with van der Waals surface area (Å²) in [6.07, 6.45) is -0.852. The van der Waals surface area contributed by atoms with Crippen LogP contribution < -0.4 is 5.32 Å². The third-order valence-corrected chi connectivity index (χ3v) is 6.14. The van der Waals surface area contributed by atoms with E-state index in [-0.39, 0.29) is 24.7 Å². The van der Waals surface area contributed by atoms with Crippen LogP contribution in [0, 0.1) is 13.8 Å². The maximum atomic E-state index is 12.5. The van der Waals surface area contributed by atoms with Gasteiger partial charge in [-0.3, -0.25) is 0 Å². The molecule has 3 N–H and O–H groups in total. The average Bonchev–Trinajstić information content (AvgIpc) is 3.11. The molecule has 3 aromatic rings. The molecule has 32 heavy (non-hydrogen) atoms. The second kappa shape index (κ2) is 8.75. The molecular formula is C26H25NO5. The number of amides is 1. The van der Waals surface area contributed by atoms with Crippen molar-refractivity contribution >= 4 is 12.1 Å². The van der Waals surface area contributed by atoms with Crippen molar-refractivity contribution in [1.29, 1.82) is 0 Å². The zero-order chi connectivity index (χ0) is 22.8. The van der Waals surface area contributed by atoms with Gasteiger partial charge in [-0.15, -0.1) is 0 Å². The van der Waals surface area contributed by atoms with Gasteiger partial charge in [0, 0.05) is 12.3 Å². The van der Waals surface area contributed by atoms with Crippen LogP contribution in [0.4, 0.5) is 4.79 Å². The molecule has 1 unspecified atom stereocenters. The van der Waals surface area contributed by atoms with Gasteiger partial charge in [-0.05, 0) is 52.8 Å². The molecule has 6 heteroatoms. The van der Waals surface area contributed by atoms with Gasteiger partial charge in [-0.1, -0.05) is 60.7 Å². The Labute approximate surface area is 186 Å². The molecule has 0 spiro atoms. The first-order valence-corrected chi connectivity index (χ1v) is 10.5. The molecule has 1 atom stereocenters. The summed E-state index contributed by atoms with van der Waals surface area (Å²) in [6, 6.07) is 18.3. The monoisotopic (exact) mass is 431 g/mol. The fraction of sp³-hybridized carbons (Fsp3) is 0.231.